The van der Waals surface area contributed by atoms with Gasteiger partial charge in [-0.25, -0.2) is 0 Å². The minimum absolute atomic E-state index is 0.120. The fourth-order valence-electron chi connectivity index (χ4n) is 3.21. The smallest absolute Gasteiger partial charge is 0.234 e. The standard InChI is InChI=1S/C26H26ClN5O2S/c1-18-8-9-21(14-23(18)27)28-15-24-30-31-26(32(24)2)35-17-25(33)29-20-10-12-22(13-11-20)34-16-19-6-4-3-5-7-19/h3-14,28H,15-17H2,1-2H3,(H,29,33). The highest BCUT2D eigenvalue weighted by Crippen LogP contribution is 2.22. The number of amides is 1. The van der Waals surface area contributed by atoms with Crippen molar-refractivity contribution >= 4 is 40.6 Å². The highest BCUT2D eigenvalue weighted by molar-refractivity contribution is 7.99. The summed E-state index contributed by atoms with van der Waals surface area (Å²) in [5, 5.41) is 16.0. The molecule has 4 rings (SSSR count). The lowest BCUT2D eigenvalue weighted by molar-refractivity contribution is -0.113. The Hall–Kier alpha value is -3.49. The first kappa shape index (κ1) is 24.6. The molecule has 9 heteroatoms. The van der Waals surface area contributed by atoms with Crippen LogP contribution in [0, 0.1) is 6.92 Å². The van der Waals surface area contributed by atoms with Gasteiger partial charge in [-0.15, -0.1) is 10.2 Å². The number of hydrogen-bond acceptors (Lipinski definition) is 6. The minimum Gasteiger partial charge on any atom is -0.489 e. The molecule has 0 saturated heterocycles. The first-order chi connectivity index (χ1) is 17.0. The molecule has 2 N–H and O–H groups in total. The molecule has 0 saturated carbocycles. The predicted molar refractivity (Wildman–Crippen MR) is 141 cm³/mol. The molecule has 0 fully saturated rings. The Bertz CT molecular complexity index is 1280. The van der Waals surface area contributed by atoms with Crippen molar-refractivity contribution in [1.29, 1.82) is 0 Å². The summed E-state index contributed by atoms with van der Waals surface area (Å²) >= 11 is 7.52. The van der Waals surface area contributed by atoms with Crippen LogP contribution in [0.2, 0.25) is 5.02 Å². The fraction of sp³-hybridized carbons (Fsp3) is 0.192. The number of halogens is 1. The first-order valence-corrected chi connectivity index (χ1v) is 12.4. The van der Waals surface area contributed by atoms with Crippen molar-refractivity contribution in [1.82, 2.24) is 14.8 Å². The first-order valence-electron chi connectivity index (χ1n) is 11.1. The zero-order valence-electron chi connectivity index (χ0n) is 19.5. The van der Waals surface area contributed by atoms with Crippen LogP contribution in [0.4, 0.5) is 11.4 Å². The molecule has 0 atom stereocenters. The van der Waals surface area contributed by atoms with Crippen molar-refractivity contribution in [3.05, 3.63) is 94.8 Å². The van der Waals surface area contributed by atoms with Crippen molar-refractivity contribution < 1.29 is 9.53 Å². The van der Waals surface area contributed by atoms with Crippen LogP contribution in [-0.2, 0) is 25.0 Å². The second-order valence-electron chi connectivity index (χ2n) is 7.91. The van der Waals surface area contributed by atoms with E-state index < -0.39 is 0 Å². The largest absolute Gasteiger partial charge is 0.489 e. The van der Waals surface area contributed by atoms with E-state index in [0.29, 0.717) is 29.0 Å². The number of rotatable bonds is 10. The van der Waals surface area contributed by atoms with Gasteiger partial charge >= 0.3 is 0 Å². The van der Waals surface area contributed by atoms with Crippen LogP contribution in [0.1, 0.15) is 17.0 Å². The topological polar surface area (TPSA) is 81.1 Å². The molecule has 0 spiro atoms. The lowest BCUT2D eigenvalue weighted by Gasteiger charge is -2.09. The number of carbonyl (C=O) groups excluding carboxylic acids is 1. The maximum Gasteiger partial charge on any atom is 0.234 e. The van der Waals surface area contributed by atoms with Gasteiger partial charge in [0.2, 0.25) is 5.91 Å². The van der Waals surface area contributed by atoms with Crippen molar-refractivity contribution in [3.63, 3.8) is 0 Å². The van der Waals surface area contributed by atoms with Gasteiger partial charge in [0.15, 0.2) is 11.0 Å². The van der Waals surface area contributed by atoms with Crippen LogP contribution in [0.15, 0.2) is 78.0 Å². The van der Waals surface area contributed by atoms with E-state index in [0.717, 1.165) is 28.4 Å². The van der Waals surface area contributed by atoms with Gasteiger partial charge in [-0.3, -0.25) is 4.79 Å². The summed E-state index contributed by atoms with van der Waals surface area (Å²) in [4.78, 5) is 12.4. The predicted octanol–water partition coefficient (Wildman–Crippen LogP) is 5.70. The summed E-state index contributed by atoms with van der Waals surface area (Å²) in [6.45, 7) is 2.95. The van der Waals surface area contributed by atoms with Gasteiger partial charge in [0.25, 0.3) is 0 Å². The molecule has 1 aromatic heterocycles. The van der Waals surface area contributed by atoms with E-state index in [-0.39, 0.29) is 11.7 Å². The monoisotopic (exact) mass is 507 g/mol. The molecule has 1 amide bonds. The quantitative estimate of drug-likeness (QED) is 0.268. The lowest BCUT2D eigenvalue weighted by atomic mass is 10.2. The second-order valence-corrected chi connectivity index (χ2v) is 9.26. The molecule has 0 aliphatic heterocycles. The van der Waals surface area contributed by atoms with Gasteiger partial charge in [-0.05, 0) is 54.4 Å². The maximum absolute atomic E-state index is 12.4. The maximum atomic E-state index is 12.4. The van der Waals surface area contributed by atoms with E-state index >= 15 is 0 Å². The molecule has 1 heterocycles. The summed E-state index contributed by atoms with van der Waals surface area (Å²) in [7, 11) is 1.88. The summed E-state index contributed by atoms with van der Waals surface area (Å²) < 4.78 is 7.66. The van der Waals surface area contributed by atoms with Crippen LogP contribution in [0.3, 0.4) is 0 Å². The number of ether oxygens (including phenoxy) is 1. The summed E-state index contributed by atoms with van der Waals surface area (Å²) in [5.74, 6) is 1.61. The average Bonchev–Trinajstić information content (AvgIpc) is 3.23. The van der Waals surface area contributed by atoms with Crippen molar-refractivity contribution in [2.45, 2.75) is 25.2 Å². The molecule has 180 valence electrons. The van der Waals surface area contributed by atoms with Gasteiger partial charge in [0, 0.05) is 23.4 Å². The molecule has 0 aliphatic rings. The van der Waals surface area contributed by atoms with Gasteiger partial charge < -0.3 is 19.9 Å². The van der Waals surface area contributed by atoms with Crippen molar-refractivity contribution in [3.8, 4) is 5.75 Å². The van der Waals surface area contributed by atoms with Gasteiger partial charge in [0.1, 0.15) is 12.4 Å². The third-order valence-corrected chi connectivity index (χ3v) is 6.69. The Balaban J connectivity index is 1.23. The van der Waals surface area contributed by atoms with E-state index in [1.807, 2.05) is 91.3 Å². The second kappa shape index (κ2) is 11.8. The van der Waals surface area contributed by atoms with Gasteiger partial charge in [-0.1, -0.05) is 59.8 Å². The molecule has 7 nitrogen and oxygen atoms in total. The Morgan fingerprint density at radius 2 is 1.77 bits per heavy atom. The minimum atomic E-state index is -0.120. The molecule has 0 radical (unpaired) electrons. The van der Waals surface area contributed by atoms with Crippen LogP contribution in [-0.4, -0.2) is 26.4 Å². The Labute approximate surface area is 213 Å². The molecule has 3 aromatic carbocycles. The average molecular weight is 508 g/mol. The normalized spacial score (nSPS) is 10.7. The summed E-state index contributed by atoms with van der Waals surface area (Å²) in [6.07, 6.45) is 0. The number of nitrogens with one attached hydrogen (secondary N) is 2. The van der Waals surface area contributed by atoms with Crippen molar-refractivity contribution in [2.75, 3.05) is 16.4 Å². The number of aryl methyl sites for hydroxylation is 1. The summed E-state index contributed by atoms with van der Waals surface area (Å²) in [6, 6.07) is 23.1. The summed E-state index contributed by atoms with van der Waals surface area (Å²) in [5.41, 5.74) is 3.75. The third-order valence-electron chi connectivity index (χ3n) is 5.27. The Kier molecular flexibility index (Phi) is 8.28. The molecular weight excluding hydrogens is 482 g/mol. The number of aromatic nitrogens is 3. The van der Waals surface area contributed by atoms with E-state index in [1.165, 1.54) is 11.8 Å². The fourth-order valence-corrected chi connectivity index (χ4v) is 4.12. The number of carbonyl (C=O) groups is 1. The number of thioether (sulfide) groups is 1. The SMILES string of the molecule is Cc1ccc(NCc2nnc(SCC(=O)Nc3ccc(OCc4ccccc4)cc3)n2C)cc1Cl. The molecule has 35 heavy (non-hydrogen) atoms. The van der Waals surface area contributed by atoms with Crippen LogP contribution in [0.25, 0.3) is 0 Å². The van der Waals surface area contributed by atoms with Crippen LogP contribution < -0.4 is 15.4 Å². The molecule has 4 aromatic rings. The van der Waals surface area contributed by atoms with Gasteiger partial charge in [-0.2, -0.15) is 0 Å². The molecular formula is C26H26ClN5O2S. The van der Waals surface area contributed by atoms with E-state index in [9.17, 15) is 4.79 Å². The number of nitrogens with zero attached hydrogens (tertiary/aromatic N) is 3. The molecule has 0 unspecified atom stereocenters. The number of benzene rings is 3. The number of hydrogen-bond donors (Lipinski definition) is 2. The van der Waals surface area contributed by atoms with Crippen LogP contribution in [0.5, 0.6) is 5.75 Å². The van der Waals surface area contributed by atoms with E-state index in [1.54, 1.807) is 0 Å². The zero-order chi connectivity index (χ0) is 24.6. The van der Waals surface area contributed by atoms with Crippen LogP contribution >= 0.6 is 23.4 Å². The van der Waals surface area contributed by atoms with Gasteiger partial charge in [0.05, 0.1) is 12.3 Å². The van der Waals surface area contributed by atoms with Crippen molar-refractivity contribution in [2.24, 2.45) is 7.05 Å². The van der Waals surface area contributed by atoms with E-state index in [2.05, 4.69) is 20.8 Å². The Morgan fingerprint density at radius 3 is 2.51 bits per heavy atom. The molecule has 0 bridgehead atoms. The third kappa shape index (κ3) is 7.00. The molecule has 0 aliphatic carbocycles. The highest BCUT2D eigenvalue weighted by atomic mass is 35.5. The van der Waals surface area contributed by atoms with E-state index in [4.69, 9.17) is 16.3 Å². The number of anilines is 2. The lowest BCUT2D eigenvalue weighted by Crippen LogP contribution is -2.14. The zero-order valence-corrected chi connectivity index (χ0v) is 21.1. The Morgan fingerprint density at radius 1 is 1.03 bits per heavy atom. The highest BCUT2D eigenvalue weighted by Gasteiger charge is 2.12.